The van der Waals surface area contributed by atoms with Crippen LogP contribution < -0.4 is 0 Å². The maximum Gasteiger partial charge on any atom is 0.325 e. The molecule has 0 atom stereocenters. The van der Waals surface area contributed by atoms with Crippen LogP contribution in [0.25, 0.3) is 0 Å². The summed E-state index contributed by atoms with van der Waals surface area (Å²) in [5.74, 6) is -2.64. The van der Waals surface area contributed by atoms with Gasteiger partial charge in [0.15, 0.2) is 11.6 Å². The predicted molar refractivity (Wildman–Crippen MR) is 75.9 cm³/mol. The summed E-state index contributed by atoms with van der Waals surface area (Å²) in [4.78, 5) is 25.2. The van der Waals surface area contributed by atoms with E-state index in [1.54, 1.807) is 13.8 Å². The molecule has 0 saturated heterocycles. The number of hydrogen-bond donors (Lipinski definition) is 0. The molecule has 0 aliphatic heterocycles. The molecule has 0 aromatic heterocycles. The number of ether oxygens (including phenoxy) is 1. The van der Waals surface area contributed by atoms with Crippen LogP contribution in [0.4, 0.5) is 8.78 Å². The summed E-state index contributed by atoms with van der Waals surface area (Å²) in [5, 5.41) is 0. The topological polar surface area (TPSA) is 46.6 Å². The highest BCUT2D eigenvalue weighted by molar-refractivity contribution is 8.00. The Morgan fingerprint density at radius 3 is 2.48 bits per heavy atom. The van der Waals surface area contributed by atoms with Crippen LogP contribution in [0.5, 0.6) is 0 Å². The summed E-state index contributed by atoms with van der Waals surface area (Å²) < 4.78 is 30.4. The van der Waals surface area contributed by atoms with Gasteiger partial charge in [0.05, 0.1) is 12.9 Å². The molecule has 21 heavy (non-hydrogen) atoms. The number of amides is 1. The molecule has 0 fully saturated rings. The fraction of sp³-hybridized carbons (Fsp3) is 0.429. The Morgan fingerprint density at radius 1 is 1.29 bits per heavy atom. The minimum atomic E-state index is -0.956. The standard InChI is InChI=1S/C14H17F2NO3S/c1-9(2)17(7-14(19)20-3)13(18)8-21-10-4-5-11(15)12(16)6-10/h4-6,9H,7-8H2,1-3H3. The minimum absolute atomic E-state index is 0.0280. The van der Waals surface area contributed by atoms with Crippen molar-refractivity contribution in [2.24, 2.45) is 0 Å². The number of halogens is 2. The zero-order valence-electron chi connectivity index (χ0n) is 12.1. The molecule has 0 heterocycles. The van der Waals surface area contributed by atoms with Crippen molar-refractivity contribution in [3.05, 3.63) is 29.8 Å². The van der Waals surface area contributed by atoms with Crippen LogP contribution in [0.3, 0.4) is 0 Å². The zero-order chi connectivity index (χ0) is 16.0. The summed E-state index contributed by atoms with van der Waals surface area (Å²) in [7, 11) is 1.25. The first-order valence-corrected chi connectivity index (χ1v) is 7.27. The molecule has 0 spiro atoms. The Balaban J connectivity index is 2.64. The van der Waals surface area contributed by atoms with Crippen molar-refractivity contribution < 1.29 is 23.1 Å². The zero-order valence-corrected chi connectivity index (χ0v) is 12.9. The monoisotopic (exact) mass is 317 g/mol. The molecule has 1 rings (SSSR count). The van der Waals surface area contributed by atoms with Crippen LogP contribution in [0, 0.1) is 11.6 Å². The SMILES string of the molecule is COC(=O)CN(C(=O)CSc1ccc(F)c(F)c1)C(C)C. The van der Waals surface area contributed by atoms with E-state index in [2.05, 4.69) is 4.74 Å². The van der Waals surface area contributed by atoms with Gasteiger partial charge in [0, 0.05) is 10.9 Å². The van der Waals surface area contributed by atoms with E-state index in [4.69, 9.17) is 0 Å². The summed E-state index contributed by atoms with van der Waals surface area (Å²) >= 11 is 1.08. The molecule has 0 unspecified atom stereocenters. The number of nitrogens with zero attached hydrogens (tertiary/aromatic N) is 1. The van der Waals surface area contributed by atoms with Gasteiger partial charge in [0.25, 0.3) is 0 Å². The van der Waals surface area contributed by atoms with Crippen molar-refractivity contribution in [2.75, 3.05) is 19.4 Å². The Hall–Kier alpha value is -1.63. The van der Waals surface area contributed by atoms with E-state index in [-0.39, 0.29) is 24.2 Å². The lowest BCUT2D eigenvalue weighted by Gasteiger charge is -2.25. The molecule has 0 saturated carbocycles. The molecule has 0 bridgehead atoms. The second-order valence-electron chi connectivity index (χ2n) is 4.56. The molecule has 1 aromatic carbocycles. The lowest BCUT2D eigenvalue weighted by molar-refractivity contribution is -0.147. The van der Waals surface area contributed by atoms with Gasteiger partial charge in [0.1, 0.15) is 6.54 Å². The van der Waals surface area contributed by atoms with Crippen LogP contribution in [0.2, 0.25) is 0 Å². The van der Waals surface area contributed by atoms with Crippen molar-refractivity contribution in [3.8, 4) is 0 Å². The summed E-state index contributed by atoms with van der Waals surface area (Å²) in [6.07, 6.45) is 0. The molecule has 7 heteroatoms. The van der Waals surface area contributed by atoms with Crippen LogP contribution >= 0.6 is 11.8 Å². The Morgan fingerprint density at radius 2 is 1.95 bits per heavy atom. The number of thioether (sulfide) groups is 1. The van der Waals surface area contributed by atoms with E-state index in [1.807, 2.05) is 0 Å². The van der Waals surface area contributed by atoms with E-state index >= 15 is 0 Å². The van der Waals surface area contributed by atoms with E-state index in [1.165, 1.54) is 18.1 Å². The smallest absolute Gasteiger partial charge is 0.325 e. The summed E-state index contributed by atoms with van der Waals surface area (Å²) in [6, 6.07) is 3.28. The minimum Gasteiger partial charge on any atom is -0.468 e. The lowest BCUT2D eigenvalue weighted by atomic mass is 10.3. The third-order valence-corrected chi connectivity index (χ3v) is 3.70. The van der Waals surface area contributed by atoms with Crippen molar-refractivity contribution in [1.82, 2.24) is 4.90 Å². The first kappa shape index (κ1) is 17.4. The summed E-state index contributed by atoms with van der Waals surface area (Å²) in [5.41, 5.74) is 0. The van der Waals surface area contributed by atoms with Crippen LogP contribution in [-0.4, -0.2) is 42.2 Å². The first-order chi connectivity index (χ1) is 9.85. The van der Waals surface area contributed by atoms with Gasteiger partial charge in [-0.3, -0.25) is 9.59 Å². The van der Waals surface area contributed by atoms with Crippen molar-refractivity contribution in [3.63, 3.8) is 0 Å². The second kappa shape index (κ2) is 7.97. The molecule has 1 amide bonds. The second-order valence-corrected chi connectivity index (χ2v) is 5.60. The van der Waals surface area contributed by atoms with Gasteiger partial charge in [-0.2, -0.15) is 0 Å². The molecule has 0 aliphatic carbocycles. The molecule has 0 radical (unpaired) electrons. The molecule has 4 nitrogen and oxygen atoms in total. The maximum absolute atomic E-state index is 13.1. The fourth-order valence-electron chi connectivity index (χ4n) is 1.56. The van der Waals surface area contributed by atoms with E-state index in [0.717, 1.165) is 23.9 Å². The van der Waals surface area contributed by atoms with E-state index in [0.29, 0.717) is 4.90 Å². The Kier molecular flexibility index (Phi) is 6.61. The first-order valence-electron chi connectivity index (χ1n) is 6.29. The van der Waals surface area contributed by atoms with Gasteiger partial charge in [-0.15, -0.1) is 11.8 Å². The van der Waals surface area contributed by atoms with Gasteiger partial charge in [-0.1, -0.05) is 0 Å². The average molecular weight is 317 g/mol. The van der Waals surface area contributed by atoms with Crippen molar-refractivity contribution >= 4 is 23.6 Å². The van der Waals surface area contributed by atoms with Gasteiger partial charge in [-0.05, 0) is 32.0 Å². The number of hydrogen-bond acceptors (Lipinski definition) is 4. The molecule has 0 N–H and O–H groups in total. The Labute approximate surface area is 126 Å². The maximum atomic E-state index is 13.1. The van der Waals surface area contributed by atoms with Gasteiger partial charge >= 0.3 is 5.97 Å². The van der Waals surface area contributed by atoms with Crippen LogP contribution in [0.15, 0.2) is 23.1 Å². The van der Waals surface area contributed by atoms with Crippen molar-refractivity contribution in [1.29, 1.82) is 0 Å². The number of carbonyl (C=O) groups excluding carboxylic acids is 2. The van der Waals surface area contributed by atoms with E-state index in [9.17, 15) is 18.4 Å². The lowest BCUT2D eigenvalue weighted by Crippen LogP contribution is -2.42. The third-order valence-electron chi connectivity index (χ3n) is 2.72. The normalized spacial score (nSPS) is 10.6. The fourth-order valence-corrected chi connectivity index (χ4v) is 2.36. The highest BCUT2D eigenvalue weighted by Crippen LogP contribution is 2.21. The van der Waals surface area contributed by atoms with Crippen LogP contribution in [0.1, 0.15) is 13.8 Å². The quantitative estimate of drug-likeness (QED) is 0.597. The van der Waals surface area contributed by atoms with Gasteiger partial charge in [0.2, 0.25) is 5.91 Å². The highest BCUT2D eigenvalue weighted by atomic mass is 32.2. The number of methoxy groups -OCH3 is 1. The number of benzene rings is 1. The van der Waals surface area contributed by atoms with Crippen LogP contribution in [-0.2, 0) is 14.3 Å². The van der Waals surface area contributed by atoms with Gasteiger partial charge in [-0.25, -0.2) is 8.78 Å². The number of esters is 1. The summed E-state index contributed by atoms with van der Waals surface area (Å²) in [6.45, 7) is 3.43. The molecular formula is C14H17F2NO3S. The largest absolute Gasteiger partial charge is 0.468 e. The van der Waals surface area contributed by atoms with E-state index < -0.39 is 17.6 Å². The number of carbonyl (C=O) groups is 2. The molecule has 1 aromatic rings. The molecule has 116 valence electrons. The average Bonchev–Trinajstić information content (AvgIpc) is 2.45. The predicted octanol–water partition coefficient (Wildman–Crippen LogP) is 2.47. The number of rotatable bonds is 6. The highest BCUT2D eigenvalue weighted by Gasteiger charge is 2.20. The molecular weight excluding hydrogens is 300 g/mol. The van der Waals surface area contributed by atoms with Crippen molar-refractivity contribution in [2.45, 2.75) is 24.8 Å². The Bertz CT molecular complexity index is 523. The molecule has 0 aliphatic rings. The van der Waals surface area contributed by atoms with Gasteiger partial charge < -0.3 is 9.64 Å². The third kappa shape index (κ3) is 5.34.